The Morgan fingerprint density at radius 2 is 1.78 bits per heavy atom. The van der Waals surface area contributed by atoms with Gasteiger partial charge in [0.05, 0.1) is 54.8 Å². The molecule has 0 radical (unpaired) electrons. The van der Waals surface area contributed by atoms with Crippen LogP contribution in [0.1, 0.15) is 86.9 Å². The summed E-state index contributed by atoms with van der Waals surface area (Å²) < 4.78 is 29.8. The van der Waals surface area contributed by atoms with Gasteiger partial charge in [0.2, 0.25) is 5.78 Å². The van der Waals surface area contributed by atoms with E-state index in [1.165, 1.54) is 25.3 Å². The van der Waals surface area contributed by atoms with Gasteiger partial charge in [-0.2, -0.15) is 0 Å². The third-order valence-electron chi connectivity index (χ3n) is 10.0. The lowest BCUT2D eigenvalue weighted by atomic mass is 9.72. The van der Waals surface area contributed by atoms with Crippen molar-refractivity contribution in [3.8, 4) is 17.2 Å². The zero-order chi connectivity index (χ0) is 36.2. The van der Waals surface area contributed by atoms with Gasteiger partial charge >= 0.3 is 0 Å². The molecule has 3 aromatic carbocycles. The van der Waals surface area contributed by atoms with Crippen LogP contribution in [0.4, 0.5) is 0 Å². The van der Waals surface area contributed by atoms with Gasteiger partial charge in [-0.3, -0.25) is 14.4 Å². The van der Waals surface area contributed by atoms with Crippen molar-refractivity contribution in [2.75, 3.05) is 20.3 Å². The minimum atomic E-state index is -2.29. The molecule has 51 heavy (non-hydrogen) atoms. The molecule has 2 aliphatic carbocycles. The van der Waals surface area contributed by atoms with Crippen LogP contribution < -0.4 is 9.82 Å². The maximum absolute atomic E-state index is 13.9. The molecule has 4 aliphatic rings. The maximum atomic E-state index is 13.9. The number of fused-ring (bicyclic) bond motifs is 3. The molecule has 7 rings (SSSR count). The molecule has 2 unspecified atom stereocenters. The zero-order valence-electron chi connectivity index (χ0n) is 27.8. The third kappa shape index (κ3) is 6.24. The summed E-state index contributed by atoms with van der Waals surface area (Å²) in [4.78, 5) is 40.6. The Morgan fingerprint density at radius 3 is 2.51 bits per heavy atom. The number of hydrogen-bond donors (Lipinski definition) is 6. The number of benzene rings is 3. The molecule has 15 heteroatoms. The molecule has 2 saturated heterocycles. The fourth-order valence-corrected chi connectivity index (χ4v) is 8.84. The number of aliphatic hydroxyl groups excluding tert-OH is 2. The lowest BCUT2D eigenvalue weighted by Gasteiger charge is -2.43. The summed E-state index contributed by atoms with van der Waals surface area (Å²) in [5.74, 6) is -3.83. The highest BCUT2D eigenvalue weighted by atomic mass is 31.2. The number of nitrogens with one attached hydrogen (secondary N) is 1. The molecule has 14 nitrogen and oxygen atoms in total. The fourth-order valence-electron chi connectivity index (χ4n) is 7.38. The fraction of sp³-hybridized carbons (Fsp3) is 0.417. The zero-order valence-corrected chi connectivity index (χ0v) is 28.7. The van der Waals surface area contributed by atoms with Gasteiger partial charge in [0.15, 0.2) is 17.9 Å². The topological polar surface area (TPSA) is 211 Å². The van der Waals surface area contributed by atoms with Crippen LogP contribution in [0.25, 0.3) is 0 Å². The largest absolute Gasteiger partial charge is 0.507 e. The Bertz CT molecular complexity index is 1870. The summed E-state index contributed by atoms with van der Waals surface area (Å²) in [6, 6.07) is 13.4. The molecule has 2 fully saturated rings. The van der Waals surface area contributed by atoms with E-state index >= 15 is 0 Å². The van der Waals surface area contributed by atoms with Crippen molar-refractivity contribution in [1.82, 2.24) is 5.09 Å². The molecule has 0 saturated carbocycles. The molecule has 8 atom stereocenters. The van der Waals surface area contributed by atoms with Crippen LogP contribution in [-0.2, 0) is 29.7 Å². The van der Waals surface area contributed by atoms with Crippen molar-refractivity contribution in [2.24, 2.45) is 0 Å². The quantitative estimate of drug-likeness (QED) is 0.114. The van der Waals surface area contributed by atoms with Gasteiger partial charge < -0.3 is 48.8 Å². The van der Waals surface area contributed by atoms with Crippen LogP contribution in [0.5, 0.6) is 17.2 Å². The van der Waals surface area contributed by atoms with E-state index in [9.17, 15) is 39.9 Å². The minimum Gasteiger partial charge on any atom is -0.507 e. The van der Waals surface area contributed by atoms with Crippen molar-refractivity contribution >= 4 is 25.9 Å². The monoisotopic (exact) mass is 723 g/mol. The summed E-state index contributed by atoms with van der Waals surface area (Å²) in [7, 11) is -0.318. The highest BCUT2D eigenvalue weighted by Crippen LogP contribution is 2.53. The summed E-state index contributed by atoms with van der Waals surface area (Å²) >= 11 is 0. The number of methoxy groups -OCH3 is 1. The lowest BCUT2D eigenvalue weighted by molar-refractivity contribution is -0.248. The smallest absolute Gasteiger partial charge is 0.256 e. The van der Waals surface area contributed by atoms with E-state index in [0.29, 0.717) is 13.0 Å². The first-order valence-corrected chi connectivity index (χ1v) is 17.8. The Hall–Kier alpha value is -3.82. The molecular formula is C36H38NO13P. The molecule has 2 heterocycles. The number of aliphatic hydroxyl groups is 3. The van der Waals surface area contributed by atoms with Crippen LogP contribution in [0.3, 0.4) is 0 Å². The number of carbonyl (C=O) groups excluding carboxylic acids is 3. The second kappa shape index (κ2) is 14.0. The van der Waals surface area contributed by atoms with Crippen LogP contribution in [0.2, 0.25) is 0 Å². The summed E-state index contributed by atoms with van der Waals surface area (Å²) in [6.07, 6.45) is -4.97. The van der Waals surface area contributed by atoms with E-state index < -0.39 is 104 Å². The van der Waals surface area contributed by atoms with Crippen LogP contribution in [-0.4, -0.2) is 93.3 Å². The Labute approximate surface area is 293 Å². The van der Waals surface area contributed by atoms with Gasteiger partial charge in [0.25, 0.3) is 8.53 Å². The second-order valence-electron chi connectivity index (χ2n) is 13.1. The number of carbonyl (C=O) groups is 3. The van der Waals surface area contributed by atoms with Crippen molar-refractivity contribution < 1.29 is 63.2 Å². The standard InChI is InChI=1S/C36H38NO13P/c1-17-31(40)21(37-51-47-12-11-22(50-51)18-7-4-3-5-8-18)13-26(48-17)49-24-15-36(45,25(39)16-38)14-20-28(24)35(44)30-29(33(20)42)32(41)19-9-6-10-23(46-2)27(19)34(30)43/h3-10,17,21-22,24,26,31,37-38,40,42,44-45H,11-16H2,1-2H3/t17-,21-,22?,24-,26-,31+,36-,51?/m0/s1. The molecule has 270 valence electrons. The van der Waals surface area contributed by atoms with Crippen LogP contribution in [0.15, 0.2) is 48.5 Å². The molecule has 6 N–H and O–H groups in total. The second-order valence-corrected chi connectivity index (χ2v) is 14.4. The van der Waals surface area contributed by atoms with Gasteiger partial charge in [-0.1, -0.05) is 42.5 Å². The average molecular weight is 724 g/mol. The summed E-state index contributed by atoms with van der Waals surface area (Å²) in [5, 5.41) is 59.0. The number of rotatable bonds is 8. The van der Waals surface area contributed by atoms with E-state index in [1.54, 1.807) is 6.92 Å². The molecule has 2 aliphatic heterocycles. The van der Waals surface area contributed by atoms with Gasteiger partial charge in [0, 0.05) is 48.4 Å². The van der Waals surface area contributed by atoms with E-state index in [1.807, 2.05) is 30.3 Å². The highest BCUT2D eigenvalue weighted by molar-refractivity contribution is 7.45. The molecule has 0 bridgehead atoms. The summed E-state index contributed by atoms with van der Waals surface area (Å²) in [6.45, 7) is 1.02. The van der Waals surface area contributed by atoms with Crippen molar-refractivity contribution in [3.63, 3.8) is 0 Å². The number of phenols is 2. The Morgan fingerprint density at radius 1 is 1.04 bits per heavy atom. The number of phenolic OH excluding ortho intramolecular Hbond substituents is 2. The van der Waals surface area contributed by atoms with E-state index in [-0.39, 0.29) is 40.5 Å². The van der Waals surface area contributed by atoms with E-state index in [0.717, 1.165) is 5.56 Å². The molecule has 0 spiro atoms. The van der Waals surface area contributed by atoms with E-state index in [4.69, 9.17) is 23.3 Å². The van der Waals surface area contributed by atoms with Gasteiger partial charge in [-0.05, 0) is 18.6 Å². The van der Waals surface area contributed by atoms with E-state index in [2.05, 4.69) is 5.09 Å². The number of Topliss-reactive ketones (excluding diaryl/α,β-unsaturated/α-hetero) is 1. The number of ether oxygens (including phenoxy) is 3. The SMILES string of the molecule is COc1cccc2c1C(=O)c1c(O)c3c(c(O)c1C2=O)C[C@@](O)(C(=O)CO)C[C@@H]3O[C@H]1C[C@H](NP2OCCC(c3ccccc3)O2)[C@H](O)[C@H](C)O1. The molecule has 3 aromatic rings. The normalized spacial score (nSPS) is 30.3. The van der Waals surface area contributed by atoms with Crippen molar-refractivity contribution in [1.29, 1.82) is 0 Å². The Balaban J connectivity index is 1.22. The first-order valence-electron chi connectivity index (χ1n) is 16.6. The first-order chi connectivity index (χ1) is 24.4. The predicted molar refractivity (Wildman–Crippen MR) is 178 cm³/mol. The highest BCUT2D eigenvalue weighted by Gasteiger charge is 2.50. The minimum absolute atomic E-state index is 0.0188. The van der Waals surface area contributed by atoms with Gasteiger partial charge in [0.1, 0.15) is 29.5 Å². The maximum Gasteiger partial charge on any atom is 0.256 e. The lowest BCUT2D eigenvalue weighted by Crippen LogP contribution is -2.54. The predicted octanol–water partition coefficient (Wildman–Crippen LogP) is 3.04. The number of hydrogen-bond acceptors (Lipinski definition) is 14. The van der Waals surface area contributed by atoms with Gasteiger partial charge in [-0.25, -0.2) is 5.09 Å². The Kier molecular flexibility index (Phi) is 9.74. The number of aromatic hydroxyl groups is 2. The molecular weight excluding hydrogens is 685 g/mol. The van der Waals surface area contributed by atoms with Crippen molar-refractivity contribution in [3.05, 3.63) is 87.5 Å². The van der Waals surface area contributed by atoms with Gasteiger partial charge in [-0.15, -0.1) is 0 Å². The van der Waals surface area contributed by atoms with Crippen LogP contribution in [0, 0.1) is 0 Å². The number of ketones is 3. The molecule has 0 aromatic heterocycles. The van der Waals surface area contributed by atoms with Crippen LogP contribution >= 0.6 is 8.53 Å². The third-order valence-corrected chi connectivity index (χ3v) is 11.4. The average Bonchev–Trinajstić information content (AvgIpc) is 3.13. The van der Waals surface area contributed by atoms with Crippen molar-refractivity contribution in [2.45, 2.75) is 75.0 Å². The first kappa shape index (κ1) is 35.6. The molecule has 0 amide bonds. The summed E-state index contributed by atoms with van der Waals surface area (Å²) in [5.41, 5.74) is -2.74.